The van der Waals surface area contributed by atoms with Gasteiger partial charge in [-0.15, -0.1) is 11.8 Å². The third kappa shape index (κ3) is 5.96. The number of benzene rings is 1. The Bertz CT molecular complexity index is 645. The monoisotopic (exact) mass is 349 g/mol. The Morgan fingerprint density at radius 2 is 2.04 bits per heavy atom. The molecule has 0 aliphatic rings. The Morgan fingerprint density at radius 1 is 1.22 bits per heavy atom. The van der Waals surface area contributed by atoms with Gasteiger partial charge in [0.1, 0.15) is 0 Å². The standard InChI is InChI=1S/C16H19N3O2S2/c1-2-17-16(21)19-15(20)9-18-13-5-3-4-6-14(13)23-11-12-7-8-22-10-12/h3-8,10,18H,2,9,11H2,1H3,(H2,17,19,20,21). The maximum absolute atomic E-state index is 11.7. The number of urea groups is 1. The van der Waals surface area contributed by atoms with Gasteiger partial charge in [-0.2, -0.15) is 11.3 Å². The lowest BCUT2D eigenvalue weighted by Gasteiger charge is -2.11. The Morgan fingerprint density at radius 3 is 2.78 bits per heavy atom. The number of rotatable bonds is 7. The number of anilines is 1. The van der Waals surface area contributed by atoms with Crippen LogP contribution < -0.4 is 16.0 Å². The van der Waals surface area contributed by atoms with Crippen molar-refractivity contribution in [2.24, 2.45) is 0 Å². The summed E-state index contributed by atoms with van der Waals surface area (Å²) in [6.45, 7) is 2.32. The summed E-state index contributed by atoms with van der Waals surface area (Å²) in [5.74, 6) is 0.515. The van der Waals surface area contributed by atoms with Crippen molar-refractivity contribution in [3.05, 3.63) is 46.7 Å². The van der Waals surface area contributed by atoms with Crippen LogP contribution in [0.5, 0.6) is 0 Å². The first-order valence-corrected chi connectivity index (χ1v) is 9.16. The number of thioether (sulfide) groups is 1. The summed E-state index contributed by atoms with van der Waals surface area (Å²) in [5.41, 5.74) is 2.17. The smallest absolute Gasteiger partial charge is 0.321 e. The average Bonchev–Trinajstić information content (AvgIpc) is 3.05. The molecule has 23 heavy (non-hydrogen) atoms. The lowest BCUT2D eigenvalue weighted by Crippen LogP contribution is -2.41. The molecule has 0 radical (unpaired) electrons. The fourth-order valence-corrected chi connectivity index (χ4v) is 3.57. The van der Waals surface area contributed by atoms with Gasteiger partial charge in [0.15, 0.2) is 0 Å². The molecule has 5 nitrogen and oxygen atoms in total. The van der Waals surface area contributed by atoms with Gasteiger partial charge in [-0.05, 0) is 41.4 Å². The highest BCUT2D eigenvalue weighted by atomic mass is 32.2. The molecule has 0 aliphatic carbocycles. The molecule has 1 aromatic heterocycles. The zero-order valence-electron chi connectivity index (χ0n) is 12.8. The number of carbonyl (C=O) groups is 2. The molecule has 3 N–H and O–H groups in total. The van der Waals surface area contributed by atoms with Crippen LogP contribution in [0.25, 0.3) is 0 Å². The maximum atomic E-state index is 11.7. The van der Waals surface area contributed by atoms with Crippen molar-refractivity contribution in [2.45, 2.75) is 17.6 Å². The van der Waals surface area contributed by atoms with Gasteiger partial charge in [0.25, 0.3) is 0 Å². The lowest BCUT2D eigenvalue weighted by molar-refractivity contribution is -0.118. The fraction of sp³-hybridized carbons (Fsp3) is 0.250. The van der Waals surface area contributed by atoms with Gasteiger partial charge in [0.05, 0.1) is 6.54 Å². The van der Waals surface area contributed by atoms with E-state index in [0.29, 0.717) is 6.54 Å². The molecule has 1 aromatic carbocycles. The molecule has 2 aromatic rings. The van der Waals surface area contributed by atoms with E-state index in [2.05, 4.69) is 32.8 Å². The number of para-hydroxylation sites is 1. The minimum atomic E-state index is -0.473. The summed E-state index contributed by atoms with van der Waals surface area (Å²) < 4.78 is 0. The zero-order chi connectivity index (χ0) is 16.5. The SMILES string of the molecule is CCNC(=O)NC(=O)CNc1ccccc1SCc1ccsc1. The van der Waals surface area contributed by atoms with Gasteiger partial charge in [-0.25, -0.2) is 4.79 Å². The normalized spacial score (nSPS) is 10.1. The molecule has 0 atom stereocenters. The van der Waals surface area contributed by atoms with Crippen molar-refractivity contribution in [1.29, 1.82) is 0 Å². The summed E-state index contributed by atoms with van der Waals surface area (Å²) in [6.07, 6.45) is 0. The molecule has 1 heterocycles. The molecular formula is C16H19N3O2S2. The minimum absolute atomic E-state index is 0.0488. The number of hydrogen-bond acceptors (Lipinski definition) is 5. The molecule has 0 saturated heterocycles. The average molecular weight is 349 g/mol. The molecular weight excluding hydrogens is 330 g/mol. The second-order valence-electron chi connectivity index (χ2n) is 4.68. The molecule has 0 unspecified atom stereocenters. The zero-order valence-corrected chi connectivity index (χ0v) is 14.4. The summed E-state index contributed by atoms with van der Waals surface area (Å²) >= 11 is 3.39. The van der Waals surface area contributed by atoms with Crippen LogP contribution in [0.2, 0.25) is 0 Å². The van der Waals surface area contributed by atoms with E-state index < -0.39 is 6.03 Å². The highest BCUT2D eigenvalue weighted by molar-refractivity contribution is 7.98. The number of nitrogens with one attached hydrogen (secondary N) is 3. The van der Waals surface area contributed by atoms with Gasteiger partial charge in [-0.1, -0.05) is 12.1 Å². The number of carbonyl (C=O) groups excluding carboxylic acids is 2. The maximum Gasteiger partial charge on any atom is 0.321 e. The van der Waals surface area contributed by atoms with Crippen LogP contribution in [0.15, 0.2) is 46.0 Å². The van der Waals surface area contributed by atoms with Crippen molar-refractivity contribution in [3.63, 3.8) is 0 Å². The molecule has 0 bridgehead atoms. The van der Waals surface area contributed by atoms with E-state index in [0.717, 1.165) is 16.3 Å². The van der Waals surface area contributed by atoms with Crippen molar-refractivity contribution < 1.29 is 9.59 Å². The van der Waals surface area contributed by atoms with Crippen LogP contribution in [0.1, 0.15) is 12.5 Å². The first-order valence-electron chi connectivity index (χ1n) is 7.23. The predicted octanol–water partition coefficient (Wildman–Crippen LogP) is 3.30. The molecule has 0 spiro atoms. The van der Waals surface area contributed by atoms with Gasteiger partial charge in [-0.3, -0.25) is 10.1 Å². The quantitative estimate of drug-likeness (QED) is 0.671. The number of hydrogen-bond donors (Lipinski definition) is 3. The first kappa shape index (κ1) is 17.4. The third-order valence-corrected chi connectivity index (χ3v) is 4.77. The van der Waals surface area contributed by atoms with Crippen molar-refractivity contribution in [1.82, 2.24) is 10.6 Å². The molecule has 0 aliphatic heterocycles. The molecule has 3 amide bonds. The van der Waals surface area contributed by atoms with Crippen molar-refractivity contribution >= 4 is 40.7 Å². The van der Waals surface area contributed by atoms with E-state index >= 15 is 0 Å². The van der Waals surface area contributed by atoms with Crippen LogP contribution in [-0.2, 0) is 10.5 Å². The second-order valence-corrected chi connectivity index (χ2v) is 6.47. The summed E-state index contributed by atoms with van der Waals surface area (Å²) in [5, 5.41) is 12.1. The van der Waals surface area contributed by atoms with Crippen LogP contribution in [0.3, 0.4) is 0 Å². The highest BCUT2D eigenvalue weighted by Crippen LogP contribution is 2.30. The Labute approximate surface area is 143 Å². The van der Waals surface area contributed by atoms with Gasteiger partial charge in [0, 0.05) is 22.9 Å². The first-order chi connectivity index (χ1) is 11.2. The van der Waals surface area contributed by atoms with Crippen LogP contribution in [-0.4, -0.2) is 25.0 Å². The molecule has 0 fully saturated rings. The third-order valence-electron chi connectivity index (χ3n) is 2.89. The summed E-state index contributed by atoms with van der Waals surface area (Å²) in [7, 11) is 0. The topological polar surface area (TPSA) is 70.2 Å². The van der Waals surface area contributed by atoms with Crippen LogP contribution in [0, 0.1) is 0 Å². The van der Waals surface area contributed by atoms with Gasteiger partial charge < -0.3 is 10.6 Å². The second kappa shape index (κ2) is 9.22. The predicted molar refractivity (Wildman–Crippen MR) is 96.0 cm³/mol. The summed E-state index contributed by atoms with van der Waals surface area (Å²) in [6, 6.07) is 9.46. The summed E-state index contributed by atoms with van der Waals surface area (Å²) in [4.78, 5) is 24.1. The number of thiophene rings is 1. The molecule has 0 saturated carbocycles. The Kier molecular flexibility index (Phi) is 6.96. The molecule has 7 heteroatoms. The van der Waals surface area contributed by atoms with E-state index in [1.165, 1.54) is 5.56 Å². The molecule has 122 valence electrons. The van der Waals surface area contributed by atoms with Crippen LogP contribution in [0.4, 0.5) is 10.5 Å². The largest absolute Gasteiger partial charge is 0.375 e. The Hall–Kier alpha value is -1.99. The fourth-order valence-electron chi connectivity index (χ4n) is 1.83. The van der Waals surface area contributed by atoms with Crippen molar-refractivity contribution in [2.75, 3.05) is 18.4 Å². The van der Waals surface area contributed by atoms with E-state index in [9.17, 15) is 9.59 Å². The number of amides is 3. The Balaban J connectivity index is 1.87. The lowest BCUT2D eigenvalue weighted by atomic mass is 10.3. The highest BCUT2D eigenvalue weighted by Gasteiger charge is 2.08. The van der Waals surface area contributed by atoms with E-state index in [4.69, 9.17) is 0 Å². The van der Waals surface area contributed by atoms with E-state index in [1.807, 2.05) is 24.3 Å². The van der Waals surface area contributed by atoms with Crippen LogP contribution >= 0.6 is 23.1 Å². The van der Waals surface area contributed by atoms with E-state index in [-0.39, 0.29) is 12.5 Å². The van der Waals surface area contributed by atoms with E-state index in [1.54, 1.807) is 30.0 Å². The molecule has 2 rings (SSSR count). The minimum Gasteiger partial charge on any atom is -0.375 e. The van der Waals surface area contributed by atoms with Crippen molar-refractivity contribution in [3.8, 4) is 0 Å². The van der Waals surface area contributed by atoms with Gasteiger partial charge >= 0.3 is 6.03 Å². The number of imide groups is 1. The van der Waals surface area contributed by atoms with Gasteiger partial charge in [0.2, 0.25) is 5.91 Å².